The minimum Gasteiger partial charge on any atom is -0.496 e. The molecular weight excluding hydrogens is 318 g/mol. The molecule has 1 aromatic heterocycles. The van der Waals surface area contributed by atoms with Gasteiger partial charge >= 0.3 is 0 Å². The lowest BCUT2D eigenvalue weighted by Crippen LogP contribution is -2.30. The molecule has 2 aromatic rings. The quantitative estimate of drug-likeness (QED) is 0.666. The Morgan fingerprint density at radius 3 is 2.60 bits per heavy atom. The maximum absolute atomic E-state index is 5.77. The van der Waals surface area contributed by atoms with Crippen LogP contribution in [0.25, 0.3) is 0 Å². The van der Waals surface area contributed by atoms with Gasteiger partial charge in [-0.05, 0) is 58.6 Å². The average molecular weight is 336 g/mol. The third-order valence-electron chi connectivity index (χ3n) is 3.23. The van der Waals surface area contributed by atoms with E-state index in [4.69, 9.17) is 10.6 Å². The van der Waals surface area contributed by atoms with Crippen LogP contribution in [0.5, 0.6) is 5.75 Å². The Balaban J connectivity index is 2.57. The SMILES string of the molecule is COc1cc(C)cc(C)c1C(NN)c1cncc(Br)c1. The van der Waals surface area contributed by atoms with Gasteiger partial charge in [-0.1, -0.05) is 6.07 Å². The number of methoxy groups -OCH3 is 1. The summed E-state index contributed by atoms with van der Waals surface area (Å²) in [7, 11) is 1.67. The lowest BCUT2D eigenvalue weighted by atomic mass is 9.94. The topological polar surface area (TPSA) is 60.2 Å². The monoisotopic (exact) mass is 335 g/mol. The summed E-state index contributed by atoms with van der Waals surface area (Å²) in [6, 6.07) is 5.96. The summed E-state index contributed by atoms with van der Waals surface area (Å²) in [6.45, 7) is 4.10. The summed E-state index contributed by atoms with van der Waals surface area (Å²) in [5, 5.41) is 0. The summed E-state index contributed by atoms with van der Waals surface area (Å²) in [5.74, 6) is 6.59. The maximum Gasteiger partial charge on any atom is 0.124 e. The first kappa shape index (κ1) is 15.0. The van der Waals surface area contributed by atoms with Crippen molar-refractivity contribution in [2.75, 3.05) is 7.11 Å². The van der Waals surface area contributed by atoms with Crippen molar-refractivity contribution < 1.29 is 4.74 Å². The normalized spacial score (nSPS) is 12.2. The van der Waals surface area contributed by atoms with Crippen molar-refractivity contribution in [1.82, 2.24) is 10.4 Å². The van der Waals surface area contributed by atoms with Crippen molar-refractivity contribution in [1.29, 1.82) is 0 Å². The predicted molar refractivity (Wildman–Crippen MR) is 83.6 cm³/mol. The highest BCUT2D eigenvalue weighted by Gasteiger charge is 2.20. The van der Waals surface area contributed by atoms with Gasteiger partial charge in [-0.3, -0.25) is 10.8 Å². The van der Waals surface area contributed by atoms with Gasteiger partial charge in [-0.15, -0.1) is 0 Å². The van der Waals surface area contributed by atoms with Crippen LogP contribution in [-0.4, -0.2) is 12.1 Å². The molecule has 20 heavy (non-hydrogen) atoms. The number of aryl methyl sites for hydroxylation is 2. The number of aromatic nitrogens is 1. The molecule has 0 amide bonds. The molecule has 0 bridgehead atoms. The van der Waals surface area contributed by atoms with Crippen molar-refractivity contribution in [3.63, 3.8) is 0 Å². The second kappa shape index (κ2) is 6.35. The molecule has 0 aliphatic heterocycles. The van der Waals surface area contributed by atoms with Crippen molar-refractivity contribution in [3.05, 3.63) is 57.3 Å². The molecule has 2 rings (SSSR count). The minimum atomic E-state index is -0.171. The fraction of sp³-hybridized carbons (Fsp3) is 0.267. The van der Waals surface area contributed by atoms with Gasteiger partial charge in [-0.2, -0.15) is 0 Å². The summed E-state index contributed by atoms with van der Waals surface area (Å²) in [5.41, 5.74) is 7.15. The van der Waals surface area contributed by atoms with Crippen molar-refractivity contribution in [2.24, 2.45) is 5.84 Å². The number of benzene rings is 1. The first-order chi connectivity index (χ1) is 9.56. The summed E-state index contributed by atoms with van der Waals surface area (Å²) in [4.78, 5) is 4.20. The maximum atomic E-state index is 5.77. The van der Waals surface area contributed by atoms with Crippen LogP contribution in [0.4, 0.5) is 0 Å². The number of pyridine rings is 1. The van der Waals surface area contributed by atoms with Gasteiger partial charge in [0, 0.05) is 22.4 Å². The molecule has 1 unspecified atom stereocenters. The molecule has 1 heterocycles. The van der Waals surface area contributed by atoms with Crippen molar-refractivity contribution >= 4 is 15.9 Å². The molecule has 0 spiro atoms. The number of hydrogen-bond donors (Lipinski definition) is 2. The number of nitrogens with two attached hydrogens (primary N) is 1. The molecule has 1 atom stereocenters. The highest BCUT2D eigenvalue weighted by Crippen LogP contribution is 2.33. The van der Waals surface area contributed by atoms with Crippen LogP contribution in [0.2, 0.25) is 0 Å². The van der Waals surface area contributed by atoms with Crippen LogP contribution >= 0.6 is 15.9 Å². The van der Waals surface area contributed by atoms with Crippen molar-refractivity contribution in [2.45, 2.75) is 19.9 Å². The smallest absolute Gasteiger partial charge is 0.124 e. The Morgan fingerprint density at radius 2 is 2.00 bits per heavy atom. The molecule has 0 saturated heterocycles. The second-order valence-electron chi connectivity index (χ2n) is 4.73. The van der Waals surface area contributed by atoms with Crippen LogP contribution in [0.1, 0.15) is 28.3 Å². The third-order valence-corrected chi connectivity index (χ3v) is 3.66. The van der Waals surface area contributed by atoms with Gasteiger partial charge in [0.25, 0.3) is 0 Å². The Hall–Kier alpha value is -1.43. The molecular formula is C15H18BrN3O. The number of nitrogens with zero attached hydrogens (tertiary/aromatic N) is 1. The zero-order valence-corrected chi connectivity index (χ0v) is 13.4. The highest BCUT2D eigenvalue weighted by atomic mass is 79.9. The standard InChI is InChI=1S/C15H18BrN3O/c1-9-4-10(2)14(13(5-9)20-3)15(19-17)11-6-12(16)8-18-7-11/h4-8,15,19H,17H2,1-3H3. The molecule has 0 radical (unpaired) electrons. The zero-order chi connectivity index (χ0) is 14.7. The molecule has 5 heteroatoms. The van der Waals surface area contributed by atoms with E-state index in [-0.39, 0.29) is 6.04 Å². The van der Waals surface area contributed by atoms with E-state index in [2.05, 4.69) is 39.3 Å². The van der Waals surface area contributed by atoms with E-state index in [0.717, 1.165) is 32.5 Å². The van der Waals surface area contributed by atoms with Crippen LogP contribution < -0.4 is 16.0 Å². The first-order valence-corrected chi connectivity index (χ1v) is 7.07. The number of nitrogens with one attached hydrogen (secondary N) is 1. The van der Waals surface area contributed by atoms with Gasteiger partial charge in [0.15, 0.2) is 0 Å². The average Bonchev–Trinajstić information content (AvgIpc) is 2.41. The molecule has 0 aliphatic carbocycles. The largest absolute Gasteiger partial charge is 0.496 e. The highest BCUT2D eigenvalue weighted by molar-refractivity contribution is 9.10. The molecule has 4 nitrogen and oxygen atoms in total. The molecule has 1 aromatic carbocycles. The van der Waals surface area contributed by atoms with E-state index in [1.807, 2.05) is 19.1 Å². The summed E-state index contributed by atoms with van der Waals surface area (Å²) >= 11 is 3.44. The van der Waals surface area contributed by atoms with E-state index in [1.54, 1.807) is 19.5 Å². The Bertz CT molecular complexity index is 616. The molecule has 0 saturated carbocycles. The zero-order valence-electron chi connectivity index (χ0n) is 11.8. The van der Waals surface area contributed by atoms with E-state index in [9.17, 15) is 0 Å². The summed E-state index contributed by atoms with van der Waals surface area (Å²) in [6.07, 6.45) is 3.55. The lowest BCUT2D eigenvalue weighted by molar-refractivity contribution is 0.403. The number of hydrazine groups is 1. The molecule has 0 aliphatic rings. The first-order valence-electron chi connectivity index (χ1n) is 6.28. The molecule has 0 fully saturated rings. The van der Waals surface area contributed by atoms with Crippen molar-refractivity contribution in [3.8, 4) is 5.75 Å². The predicted octanol–water partition coefficient (Wildman–Crippen LogP) is 3.02. The Kier molecular flexibility index (Phi) is 4.75. The van der Waals surface area contributed by atoms with Crippen LogP contribution in [0.3, 0.4) is 0 Å². The van der Waals surface area contributed by atoms with Gasteiger partial charge in [0.2, 0.25) is 0 Å². The fourth-order valence-electron chi connectivity index (χ4n) is 2.41. The van der Waals surface area contributed by atoms with E-state index in [0.29, 0.717) is 0 Å². The van der Waals surface area contributed by atoms with Crippen LogP contribution in [0.15, 0.2) is 35.1 Å². The van der Waals surface area contributed by atoms with E-state index >= 15 is 0 Å². The van der Waals surface area contributed by atoms with Gasteiger partial charge < -0.3 is 4.74 Å². The number of halogens is 1. The number of hydrogen-bond acceptors (Lipinski definition) is 4. The second-order valence-corrected chi connectivity index (χ2v) is 5.65. The van der Waals surface area contributed by atoms with Gasteiger partial charge in [-0.25, -0.2) is 5.43 Å². The summed E-state index contributed by atoms with van der Waals surface area (Å²) < 4.78 is 6.43. The lowest BCUT2D eigenvalue weighted by Gasteiger charge is -2.22. The van der Waals surface area contributed by atoms with E-state index in [1.165, 1.54) is 0 Å². The third kappa shape index (κ3) is 3.00. The van der Waals surface area contributed by atoms with Crippen LogP contribution in [0, 0.1) is 13.8 Å². The minimum absolute atomic E-state index is 0.171. The molecule has 106 valence electrons. The van der Waals surface area contributed by atoms with E-state index < -0.39 is 0 Å². The Morgan fingerprint density at radius 1 is 1.25 bits per heavy atom. The Labute approximate surface area is 127 Å². The fourth-order valence-corrected chi connectivity index (χ4v) is 2.79. The van der Waals surface area contributed by atoms with Gasteiger partial charge in [0.05, 0.1) is 13.2 Å². The number of rotatable bonds is 4. The van der Waals surface area contributed by atoms with Crippen LogP contribution in [-0.2, 0) is 0 Å². The number of ether oxygens (including phenoxy) is 1. The molecule has 3 N–H and O–H groups in total. The van der Waals surface area contributed by atoms with Gasteiger partial charge in [0.1, 0.15) is 5.75 Å².